The lowest BCUT2D eigenvalue weighted by atomic mass is 9.97. The van der Waals surface area contributed by atoms with Gasteiger partial charge in [-0.15, -0.1) is 0 Å². The van der Waals surface area contributed by atoms with Crippen molar-refractivity contribution < 1.29 is 27.7 Å². The lowest BCUT2D eigenvalue weighted by molar-refractivity contribution is 0.0307. The molecule has 9 aromatic rings. The predicted molar refractivity (Wildman–Crippen MR) is 370 cm³/mol. The third-order valence-corrected chi connectivity index (χ3v) is 15.8. The van der Waals surface area contributed by atoms with Gasteiger partial charge >= 0.3 is 0 Å². The number of benzene rings is 7. The highest BCUT2D eigenvalue weighted by Gasteiger charge is 2.13. The smallest absolute Gasteiger partial charge is 0.159 e. The molecule has 0 bridgehead atoms. The van der Waals surface area contributed by atoms with Gasteiger partial charge in [0.2, 0.25) is 0 Å². The summed E-state index contributed by atoms with van der Waals surface area (Å²) in [4.78, 5) is 18.0. The molecule has 3 atom stereocenters. The van der Waals surface area contributed by atoms with Crippen molar-refractivity contribution in [3.63, 3.8) is 0 Å². The molecule has 0 N–H and O–H groups in total. The summed E-state index contributed by atoms with van der Waals surface area (Å²) in [5, 5.41) is 0. The first kappa shape index (κ1) is 69.4. The maximum atomic E-state index is 13.9. The van der Waals surface area contributed by atoms with Crippen molar-refractivity contribution >= 4 is 0 Å². The van der Waals surface area contributed by atoms with E-state index in [0.29, 0.717) is 60.4 Å². The van der Waals surface area contributed by atoms with Gasteiger partial charge in [0.05, 0.1) is 18.5 Å². The van der Waals surface area contributed by atoms with Gasteiger partial charge in [0.15, 0.2) is 17.4 Å². The third-order valence-electron chi connectivity index (χ3n) is 15.8. The quantitative estimate of drug-likeness (QED) is 0.0412. The van der Waals surface area contributed by atoms with Crippen LogP contribution in [0.4, 0.5) is 8.78 Å². The topological polar surface area (TPSA) is 88.5 Å². The molecule has 0 saturated heterocycles. The fourth-order valence-electron chi connectivity index (χ4n) is 9.92. The standard InChI is InChI=1S/C28H33FO.C26H31FN2O.C26H32N2O2/c1-4-5-6-7-27(29)20-30-28-18-16-26(17-19-28)25-14-12-24(13-15-25)23-10-8-22(9-11-23)21(2)3;1-4-5-6-7-24(27)18-30-25-14-12-22(13-15-25)26-28-16-23(17-29-26)21-10-8-20(9-11-21)19(2)3;1-5-6-15-29-20(4)18-30-25-16-27-26(28-17-25)24-13-11-23(12-14-24)22-9-7-21(8-10-22)19(2)3/h8-19,21,27H,4-7,20H2,1-3H3;8-17,19,24H,4-7,18H2,1-3H3;7-14,16-17,19-20H,5-6,15,18H2,1-4H3/t27-;24-;20-/m001/s1. The highest BCUT2D eigenvalue weighted by atomic mass is 19.1. The SMILES string of the molecule is CCCCC[C@H](F)COc1ccc(-c2ccc(-c3ccc(C(C)C)cc3)cc2)cc1.CCCCC[C@H](F)COc1ccc(-c2ncc(-c3ccc(C(C)C)cc3)cn2)cc1.CCCCO[C@H](C)COc1cnc(-c2ccc(-c3ccc(C(C)C)cc3)cc2)nc1. The maximum absolute atomic E-state index is 13.9. The van der Waals surface area contributed by atoms with Crippen molar-refractivity contribution in [1.29, 1.82) is 0 Å². The Morgan fingerprint density at radius 2 is 0.600 bits per heavy atom. The number of hydrogen-bond donors (Lipinski definition) is 0. The van der Waals surface area contributed by atoms with Crippen molar-refractivity contribution in [2.45, 2.75) is 170 Å². The fourth-order valence-corrected chi connectivity index (χ4v) is 9.92. The Morgan fingerprint density at radius 3 is 0.944 bits per heavy atom. The summed E-state index contributed by atoms with van der Waals surface area (Å²) in [6, 6.07) is 58.5. The normalized spacial score (nSPS) is 12.2. The Morgan fingerprint density at radius 1 is 0.311 bits per heavy atom. The summed E-state index contributed by atoms with van der Waals surface area (Å²) < 4.78 is 50.4. The van der Waals surface area contributed by atoms with Crippen LogP contribution in [0.1, 0.15) is 168 Å². The zero-order valence-corrected chi connectivity index (χ0v) is 55.0. The lowest BCUT2D eigenvalue weighted by Crippen LogP contribution is -2.18. The molecule has 9 rings (SSSR count). The van der Waals surface area contributed by atoms with Crippen LogP contribution in [0.2, 0.25) is 0 Å². The second kappa shape index (κ2) is 37.2. The minimum atomic E-state index is -0.915. The zero-order chi connectivity index (χ0) is 64.0. The Bertz CT molecular complexity index is 3030. The van der Waals surface area contributed by atoms with E-state index in [9.17, 15) is 8.78 Å². The number of ether oxygens (including phenoxy) is 4. The van der Waals surface area contributed by atoms with Crippen LogP contribution >= 0.6 is 0 Å². The van der Waals surface area contributed by atoms with E-state index in [-0.39, 0.29) is 19.3 Å². The van der Waals surface area contributed by atoms with E-state index in [1.165, 1.54) is 38.9 Å². The number of aromatic nitrogens is 4. The predicted octanol–water partition coefficient (Wildman–Crippen LogP) is 22.2. The van der Waals surface area contributed by atoms with E-state index in [1.54, 1.807) is 12.4 Å². The highest BCUT2D eigenvalue weighted by molar-refractivity contribution is 5.72. The van der Waals surface area contributed by atoms with Gasteiger partial charge in [0.25, 0.3) is 0 Å². The monoisotopic (exact) mass is 1210 g/mol. The molecule has 8 nitrogen and oxygen atoms in total. The van der Waals surface area contributed by atoms with Gasteiger partial charge in [-0.3, -0.25) is 0 Å². The lowest BCUT2D eigenvalue weighted by Gasteiger charge is -2.13. The van der Waals surface area contributed by atoms with Crippen LogP contribution in [0.25, 0.3) is 67.3 Å². The highest BCUT2D eigenvalue weighted by Crippen LogP contribution is 2.30. The van der Waals surface area contributed by atoms with Gasteiger partial charge in [-0.05, 0) is 136 Å². The molecule has 0 aliphatic heterocycles. The number of hydrogen-bond acceptors (Lipinski definition) is 8. The maximum Gasteiger partial charge on any atom is 0.159 e. The zero-order valence-electron chi connectivity index (χ0n) is 55.0. The summed E-state index contributed by atoms with van der Waals surface area (Å²) in [6.07, 6.45) is 14.9. The molecular formula is C80H96F2N4O4. The molecule has 0 spiro atoms. The summed E-state index contributed by atoms with van der Waals surface area (Å²) in [5.41, 5.74) is 15.2. The molecule has 0 saturated carbocycles. The average Bonchev–Trinajstić information content (AvgIpc) is 1.30. The Labute approximate surface area is 537 Å². The minimum absolute atomic E-state index is 0.0541. The van der Waals surface area contributed by atoms with E-state index in [2.05, 4.69) is 204 Å². The van der Waals surface area contributed by atoms with E-state index >= 15 is 0 Å². The Balaban J connectivity index is 0.000000192. The molecule has 7 aromatic carbocycles. The van der Waals surface area contributed by atoms with Gasteiger partial charge in [-0.2, -0.15) is 0 Å². The molecule has 0 aliphatic carbocycles. The number of halogens is 2. The van der Waals surface area contributed by atoms with Crippen LogP contribution in [0.3, 0.4) is 0 Å². The first-order valence-electron chi connectivity index (χ1n) is 32.8. The molecule has 2 heterocycles. The average molecular weight is 1220 g/mol. The van der Waals surface area contributed by atoms with E-state index in [4.69, 9.17) is 18.9 Å². The molecule has 0 aliphatic rings. The molecule has 0 fully saturated rings. The van der Waals surface area contributed by atoms with Crippen molar-refractivity contribution in [1.82, 2.24) is 19.9 Å². The van der Waals surface area contributed by atoms with Gasteiger partial charge in [0.1, 0.15) is 43.7 Å². The van der Waals surface area contributed by atoms with Crippen LogP contribution < -0.4 is 14.2 Å². The Hall–Kier alpha value is -8.08. The Kier molecular flexibility index (Phi) is 28.7. The summed E-state index contributed by atoms with van der Waals surface area (Å²) in [5.74, 6) is 5.00. The first-order chi connectivity index (χ1) is 43.7. The summed E-state index contributed by atoms with van der Waals surface area (Å²) in [6.45, 7) is 23.1. The van der Waals surface area contributed by atoms with Crippen molar-refractivity contribution in [3.05, 3.63) is 211 Å². The van der Waals surface area contributed by atoms with Crippen LogP contribution in [-0.2, 0) is 4.74 Å². The molecular weight excluding hydrogens is 1120 g/mol. The fraction of sp³-hybridized carbons (Fsp3) is 0.375. The first-order valence-corrected chi connectivity index (χ1v) is 32.8. The number of unbranched alkanes of at least 4 members (excludes halogenated alkanes) is 5. The van der Waals surface area contributed by atoms with Crippen LogP contribution in [0.5, 0.6) is 17.2 Å². The third kappa shape index (κ3) is 22.7. The van der Waals surface area contributed by atoms with E-state index < -0.39 is 12.3 Å². The van der Waals surface area contributed by atoms with Crippen molar-refractivity contribution in [3.8, 4) is 84.5 Å². The number of nitrogens with zero attached hydrogens (tertiary/aromatic N) is 4. The molecule has 0 unspecified atom stereocenters. The van der Waals surface area contributed by atoms with E-state index in [0.717, 1.165) is 97.1 Å². The second-order valence-electron chi connectivity index (χ2n) is 24.2. The molecule has 474 valence electrons. The summed E-state index contributed by atoms with van der Waals surface area (Å²) >= 11 is 0. The molecule has 10 heteroatoms. The van der Waals surface area contributed by atoms with Gasteiger partial charge in [0, 0.05) is 35.7 Å². The van der Waals surface area contributed by atoms with Crippen LogP contribution in [-0.4, -0.2) is 64.8 Å². The van der Waals surface area contributed by atoms with Gasteiger partial charge < -0.3 is 18.9 Å². The van der Waals surface area contributed by atoms with Gasteiger partial charge in [-0.1, -0.05) is 241 Å². The van der Waals surface area contributed by atoms with Crippen LogP contribution in [0, 0.1) is 0 Å². The molecule has 2 aromatic heterocycles. The van der Waals surface area contributed by atoms with E-state index in [1.807, 2.05) is 67.8 Å². The van der Waals surface area contributed by atoms with Crippen molar-refractivity contribution in [2.75, 3.05) is 26.4 Å². The van der Waals surface area contributed by atoms with Crippen LogP contribution in [0.15, 0.2) is 195 Å². The number of alkyl halides is 2. The second-order valence-corrected chi connectivity index (χ2v) is 24.2. The summed E-state index contributed by atoms with van der Waals surface area (Å²) in [7, 11) is 0. The number of rotatable bonds is 30. The molecule has 0 radical (unpaired) electrons. The minimum Gasteiger partial charge on any atom is -0.491 e. The van der Waals surface area contributed by atoms with Crippen molar-refractivity contribution in [2.24, 2.45) is 0 Å². The molecule has 90 heavy (non-hydrogen) atoms. The largest absolute Gasteiger partial charge is 0.491 e. The van der Waals surface area contributed by atoms with Gasteiger partial charge in [-0.25, -0.2) is 28.7 Å². The molecule has 0 amide bonds.